The van der Waals surface area contributed by atoms with Crippen LogP contribution in [-0.2, 0) is 17.7 Å². The third-order valence-electron chi connectivity index (χ3n) is 6.10. The van der Waals surface area contributed by atoms with Gasteiger partial charge in [0.1, 0.15) is 11.3 Å². The van der Waals surface area contributed by atoms with Gasteiger partial charge in [0.15, 0.2) is 0 Å². The number of piperidine rings is 1. The van der Waals surface area contributed by atoms with E-state index < -0.39 is 6.09 Å². The highest BCUT2D eigenvalue weighted by atomic mass is 16.5. The Bertz CT molecular complexity index is 956. The summed E-state index contributed by atoms with van der Waals surface area (Å²) in [7, 11) is 1.38. The Kier molecular flexibility index (Phi) is 6.25. The van der Waals surface area contributed by atoms with Gasteiger partial charge in [0.2, 0.25) is 0 Å². The first-order valence-electron chi connectivity index (χ1n) is 10.5. The zero-order chi connectivity index (χ0) is 21.8. The first-order chi connectivity index (χ1) is 15.0. The van der Waals surface area contributed by atoms with E-state index in [9.17, 15) is 14.7 Å². The van der Waals surface area contributed by atoms with E-state index in [1.807, 2.05) is 24.3 Å². The minimum atomic E-state index is -0.881. The maximum atomic E-state index is 12.0. The number of anilines is 1. The molecule has 2 aromatic rings. The van der Waals surface area contributed by atoms with Crippen LogP contribution in [0.5, 0.6) is 5.75 Å². The van der Waals surface area contributed by atoms with Gasteiger partial charge in [0.25, 0.3) is 0 Å². The number of esters is 1. The number of hydrogen-bond donors (Lipinski definition) is 1. The maximum absolute atomic E-state index is 12.0. The summed E-state index contributed by atoms with van der Waals surface area (Å²) in [6, 6.07) is 7.85. The summed E-state index contributed by atoms with van der Waals surface area (Å²) >= 11 is 0. The average molecular weight is 425 g/mol. The van der Waals surface area contributed by atoms with E-state index in [1.54, 1.807) is 12.4 Å². The van der Waals surface area contributed by atoms with E-state index in [-0.39, 0.29) is 5.97 Å². The van der Waals surface area contributed by atoms with Gasteiger partial charge in [-0.2, -0.15) is 0 Å². The summed E-state index contributed by atoms with van der Waals surface area (Å²) in [5.74, 6) is 0.837. The molecule has 0 aliphatic carbocycles. The topological polar surface area (TPSA) is 92.2 Å². The third-order valence-corrected chi connectivity index (χ3v) is 6.10. The van der Waals surface area contributed by atoms with E-state index >= 15 is 0 Å². The van der Waals surface area contributed by atoms with Crippen LogP contribution in [0.25, 0.3) is 0 Å². The lowest BCUT2D eigenvalue weighted by Gasteiger charge is -2.34. The average Bonchev–Trinajstić information content (AvgIpc) is 2.82. The third kappa shape index (κ3) is 4.73. The fraction of sp³-hybridized carbons (Fsp3) is 0.435. The van der Waals surface area contributed by atoms with Crippen molar-refractivity contribution in [3.8, 4) is 5.75 Å². The smallest absolute Gasteiger partial charge is 0.407 e. The van der Waals surface area contributed by atoms with Crippen molar-refractivity contribution in [2.75, 3.05) is 38.3 Å². The summed E-state index contributed by atoms with van der Waals surface area (Å²) in [5.41, 5.74) is 3.56. The van der Waals surface area contributed by atoms with Crippen LogP contribution in [0, 0.1) is 5.92 Å². The number of amides is 1. The van der Waals surface area contributed by atoms with Crippen LogP contribution >= 0.6 is 0 Å². The number of nitrogens with zero attached hydrogens (tertiary/aromatic N) is 3. The number of benzene rings is 1. The van der Waals surface area contributed by atoms with Gasteiger partial charge >= 0.3 is 12.1 Å². The monoisotopic (exact) mass is 425 g/mol. The molecule has 0 atom stereocenters. The van der Waals surface area contributed by atoms with Gasteiger partial charge in [-0.3, -0.25) is 4.98 Å². The highest BCUT2D eigenvalue weighted by Crippen LogP contribution is 2.28. The number of methoxy groups -OCH3 is 1. The molecule has 1 fully saturated rings. The Morgan fingerprint density at radius 2 is 1.97 bits per heavy atom. The van der Waals surface area contributed by atoms with Crippen molar-refractivity contribution in [1.82, 2.24) is 9.88 Å². The fourth-order valence-electron chi connectivity index (χ4n) is 4.27. The molecule has 0 bridgehead atoms. The van der Waals surface area contributed by atoms with Crippen LogP contribution < -0.4 is 9.64 Å². The number of rotatable bonds is 5. The lowest BCUT2D eigenvalue weighted by molar-refractivity contribution is 0.0600. The standard InChI is InChI=1S/C23H27N3O5/c1-30-22(27)20-13-24-8-4-21(20)25-9-5-16(6-10-25)15-31-19-3-2-17-7-11-26(23(28)29)14-18(17)12-19/h2-4,8,12-13,16H,5-7,9-11,14-15H2,1H3,(H,28,29). The van der Waals surface area contributed by atoms with Crippen LogP contribution in [0.15, 0.2) is 36.7 Å². The largest absolute Gasteiger partial charge is 0.493 e. The molecule has 4 rings (SSSR count). The fourth-order valence-corrected chi connectivity index (χ4v) is 4.27. The molecule has 3 heterocycles. The van der Waals surface area contributed by atoms with Gasteiger partial charge in [0, 0.05) is 38.6 Å². The van der Waals surface area contributed by atoms with Gasteiger partial charge < -0.3 is 24.4 Å². The summed E-state index contributed by atoms with van der Waals surface area (Å²) in [4.78, 5) is 30.9. The number of hydrogen-bond acceptors (Lipinski definition) is 6. The van der Waals surface area contributed by atoms with E-state index in [0.717, 1.165) is 49.4 Å². The lowest BCUT2D eigenvalue weighted by Crippen LogP contribution is -2.36. The summed E-state index contributed by atoms with van der Waals surface area (Å²) < 4.78 is 10.9. The van der Waals surface area contributed by atoms with Gasteiger partial charge in [0.05, 0.1) is 19.4 Å². The molecule has 1 saturated heterocycles. The molecule has 8 nitrogen and oxygen atoms in total. The number of aromatic nitrogens is 1. The van der Waals surface area contributed by atoms with Gasteiger partial charge in [-0.25, -0.2) is 9.59 Å². The van der Waals surface area contributed by atoms with Crippen LogP contribution in [0.4, 0.5) is 10.5 Å². The number of pyridine rings is 1. The van der Waals surface area contributed by atoms with E-state index in [4.69, 9.17) is 9.47 Å². The molecular formula is C23H27N3O5. The number of fused-ring (bicyclic) bond motifs is 1. The zero-order valence-electron chi connectivity index (χ0n) is 17.6. The molecule has 2 aliphatic heterocycles. The molecule has 0 spiro atoms. The molecule has 1 aromatic heterocycles. The number of carbonyl (C=O) groups excluding carboxylic acids is 1. The Hall–Kier alpha value is -3.29. The first kappa shape index (κ1) is 21.0. The van der Waals surface area contributed by atoms with E-state index in [2.05, 4.69) is 9.88 Å². The van der Waals surface area contributed by atoms with Crippen LogP contribution in [0.3, 0.4) is 0 Å². The van der Waals surface area contributed by atoms with E-state index in [0.29, 0.717) is 31.2 Å². The SMILES string of the molecule is COC(=O)c1cnccc1N1CCC(COc2ccc3c(c2)CN(C(=O)O)CC3)CC1. The Morgan fingerprint density at radius 3 is 2.71 bits per heavy atom. The minimum absolute atomic E-state index is 0.373. The molecule has 0 unspecified atom stereocenters. The molecule has 164 valence electrons. The van der Waals surface area contributed by atoms with Gasteiger partial charge in [-0.1, -0.05) is 6.07 Å². The number of carboxylic acid groups (broad SMARTS) is 1. The molecule has 1 amide bonds. The lowest BCUT2D eigenvalue weighted by atomic mass is 9.96. The maximum Gasteiger partial charge on any atom is 0.407 e. The predicted octanol–water partition coefficient (Wildman–Crippen LogP) is 3.20. The van der Waals surface area contributed by atoms with E-state index in [1.165, 1.54) is 17.6 Å². The summed E-state index contributed by atoms with van der Waals surface area (Å²) in [6.07, 6.45) is 5.02. The van der Waals surface area contributed by atoms with Crippen molar-refractivity contribution in [2.24, 2.45) is 5.92 Å². The summed E-state index contributed by atoms with van der Waals surface area (Å²) in [6.45, 7) is 3.24. The van der Waals surface area contributed by atoms with Gasteiger partial charge in [-0.15, -0.1) is 0 Å². The second kappa shape index (κ2) is 9.24. The van der Waals surface area contributed by atoms with Crippen molar-refractivity contribution < 1.29 is 24.2 Å². The van der Waals surface area contributed by atoms with Gasteiger partial charge in [-0.05, 0) is 54.5 Å². The number of ether oxygens (including phenoxy) is 2. The van der Waals surface area contributed by atoms with Crippen molar-refractivity contribution in [3.63, 3.8) is 0 Å². The second-order valence-electron chi connectivity index (χ2n) is 8.01. The van der Waals surface area contributed by atoms with Crippen molar-refractivity contribution in [1.29, 1.82) is 0 Å². The Morgan fingerprint density at radius 1 is 1.16 bits per heavy atom. The first-order valence-corrected chi connectivity index (χ1v) is 10.5. The predicted molar refractivity (Wildman–Crippen MR) is 115 cm³/mol. The Balaban J connectivity index is 1.32. The molecule has 31 heavy (non-hydrogen) atoms. The molecule has 0 radical (unpaired) electrons. The normalized spacial score (nSPS) is 16.5. The molecule has 0 saturated carbocycles. The highest BCUT2D eigenvalue weighted by Gasteiger charge is 2.24. The summed E-state index contributed by atoms with van der Waals surface area (Å²) in [5, 5.41) is 9.23. The minimum Gasteiger partial charge on any atom is -0.493 e. The second-order valence-corrected chi connectivity index (χ2v) is 8.01. The van der Waals surface area contributed by atoms with Crippen molar-refractivity contribution >= 4 is 17.7 Å². The number of carbonyl (C=O) groups is 2. The zero-order valence-corrected chi connectivity index (χ0v) is 17.6. The van der Waals surface area contributed by atoms with Crippen LogP contribution in [-0.4, -0.2) is 60.4 Å². The molecule has 8 heteroatoms. The molecular weight excluding hydrogens is 398 g/mol. The van der Waals surface area contributed by atoms with Crippen LogP contribution in [0.1, 0.15) is 34.3 Å². The van der Waals surface area contributed by atoms with Crippen molar-refractivity contribution in [3.05, 3.63) is 53.3 Å². The molecule has 2 aliphatic rings. The Labute approximate surface area is 181 Å². The quantitative estimate of drug-likeness (QED) is 0.736. The van der Waals surface area contributed by atoms with Crippen molar-refractivity contribution in [2.45, 2.75) is 25.8 Å². The van der Waals surface area contributed by atoms with Crippen LogP contribution in [0.2, 0.25) is 0 Å². The molecule has 1 aromatic carbocycles. The molecule has 1 N–H and O–H groups in total. The highest BCUT2D eigenvalue weighted by molar-refractivity contribution is 5.95.